The van der Waals surface area contributed by atoms with Gasteiger partial charge in [0.25, 0.3) is 11.4 Å². The van der Waals surface area contributed by atoms with Gasteiger partial charge in [-0.05, 0) is 6.07 Å². The third kappa shape index (κ3) is 3.97. The SMILES string of the molecule is O=C(O)c1c([N+](=O)[O-])cccc1[N+](=O)[O-].[Na+].[SH-]. The van der Waals surface area contributed by atoms with Crippen LogP contribution in [-0.4, -0.2) is 20.9 Å². The van der Waals surface area contributed by atoms with E-state index in [9.17, 15) is 25.0 Å². The van der Waals surface area contributed by atoms with Crippen LogP contribution in [0.15, 0.2) is 18.2 Å². The molecule has 0 atom stereocenters. The number of rotatable bonds is 3. The summed E-state index contributed by atoms with van der Waals surface area (Å²) in [6, 6.07) is 2.86. The van der Waals surface area contributed by atoms with Crippen molar-refractivity contribution < 1.29 is 49.3 Å². The molecule has 0 fully saturated rings. The number of aromatic carboxylic acids is 1. The second-order valence-corrected chi connectivity index (χ2v) is 2.49. The molecule has 0 saturated carbocycles. The van der Waals surface area contributed by atoms with Crippen LogP contribution in [0.4, 0.5) is 11.4 Å². The minimum atomic E-state index is -1.70. The number of nitro benzene ring substituents is 2. The second kappa shape index (κ2) is 7.22. The molecule has 0 heterocycles. The van der Waals surface area contributed by atoms with Gasteiger partial charge in [-0.15, -0.1) is 0 Å². The maximum absolute atomic E-state index is 10.6. The van der Waals surface area contributed by atoms with Gasteiger partial charge in [-0.3, -0.25) is 20.2 Å². The van der Waals surface area contributed by atoms with Crippen molar-refractivity contribution in [3.8, 4) is 0 Å². The molecule has 8 nitrogen and oxygen atoms in total. The maximum atomic E-state index is 10.6. The molecule has 17 heavy (non-hydrogen) atoms. The van der Waals surface area contributed by atoms with Crippen LogP contribution in [0, 0.1) is 20.2 Å². The Hall–Kier alpha value is -1.16. The molecule has 0 radical (unpaired) electrons. The van der Waals surface area contributed by atoms with E-state index in [1.54, 1.807) is 0 Å². The molecule has 0 unspecified atom stereocenters. The largest absolute Gasteiger partial charge is 1.00 e. The monoisotopic (exact) mass is 268 g/mol. The number of nitrogens with zero attached hydrogens (tertiary/aromatic N) is 2. The number of benzene rings is 1. The minimum Gasteiger partial charge on any atom is -0.813 e. The van der Waals surface area contributed by atoms with E-state index in [1.807, 2.05) is 0 Å². The van der Waals surface area contributed by atoms with Crippen LogP contribution in [-0.2, 0) is 13.5 Å². The molecule has 86 valence electrons. The van der Waals surface area contributed by atoms with Crippen LogP contribution in [0.5, 0.6) is 0 Å². The van der Waals surface area contributed by atoms with Crippen molar-refractivity contribution in [1.29, 1.82) is 0 Å². The molecule has 1 N–H and O–H groups in total. The number of hydrogen-bond acceptors (Lipinski definition) is 6. The molecular weight excluding hydrogens is 263 g/mol. The molecule has 0 spiro atoms. The molecule has 0 aliphatic carbocycles. The normalized spacial score (nSPS) is 8.47. The van der Waals surface area contributed by atoms with Crippen LogP contribution < -0.4 is 29.6 Å². The van der Waals surface area contributed by atoms with Crippen molar-refractivity contribution in [2.45, 2.75) is 0 Å². The molecule has 0 saturated heterocycles. The molecule has 0 aliphatic rings. The van der Waals surface area contributed by atoms with E-state index in [1.165, 1.54) is 0 Å². The Labute approximate surface area is 124 Å². The van der Waals surface area contributed by atoms with E-state index < -0.39 is 32.8 Å². The van der Waals surface area contributed by atoms with Gasteiger partial charge in [-0.1, -0.05) is 0 Å². The predicted molar refractivity (Wildman–Crippen MR) is 55.5 cm³/mol. The third-order valence-corrected chi connectivity index (χ3v) is 1.63. The average molecular weight is 268 g/mol. The Bertz CT molecular complexity index is 433. The van der Waals surface area contributed by atoms with Gasteiger partial charge in [-0.2, -0.15) is 0 Å². The van der Waals surface area contributed by atoms with Gasteiger partial charge in [0, 0.05) is 12.1 Å². The first-order valence-corrected chi connectivity index (χ1v) is 3.60. The first-order valence-electron chi connectivity index (χ1n) is 3.60. The van der Waals surface area contributed by atoms with Crippen molar-refractivity contribution in [3.05, 3.63) is 44.0 Å². The Morgan fingerprint density at radius 1 is 1.12 bits per heavy atom. The van der Waals surface area contributed by atoms with Gasteiger partial charge in [-0.25, -0.2) is 4.79 Å². The number of carboxylic acids is 1. The Morgan fingerprint density at radius 2 is 1.47 bits per heavy atom. The van der Waals surface area contributed by atoms with E-state index in [0.717, 1.165) is 18.2 Å². The molecule has 1 aromatic carbocycles. The number of carboxylic acid groups (broad SMARTS) is 1. The van der Waals surface area contributed by atoms with Crippen LogP contribution >= 0.6 is 0 Å². The standard InChI is InChI=1S/C7H4N2O6.Na.H2S/c10-7(11)6-4(8(12)13)2-1-3-5(6)9(14)15;;/h1-3H,(H,10,11);;1H2/q;+1;/p-1. The van der Waals surface area contributed by atoms with Crippen molar-refractivity contribution >= 4 is 30.8 Å². The van der Waals surface area contributed by atoms with Crippen LogP contribution in [0.2, 0.25) is 0 Å². The molecule has 0 aromatic heterocycles. The smallest absolute Gasteiger partial charge is 0.813 e. The Balaban J connectivity index is 0. The van der Waals surface area contributed by atoms with Gasteiger partial charge < -0.3 is 18.6 Å². The summed E-state index contributed by atoms with van der Waals surface area (Å²) >= 11 is 0. The summed E-state index contributed by atoms with van der Waals surface area (Å²) in [6.45, 7) is 0. The third-order valence-electron chi connectivity index (χ3n) is 1.63. The first kappa shape index (κ1) is 18.2. The number of thiol groups is 1. The Kier molecular flexibility index (Phi) is 7.74. The predicted octanol–water partition coefficient (Wildman–Crippen LogP) is -2.06. The fourth-order valence-electron chi connectivity index (χ4n) is 1.05. The van der Waals surface area contributed by atoms with E-state index in [2.05, 4.69) is 0 Å². The zero-order valence-electron chi connectivity index (χ0n) is 8.56. The van der Waals surface area contributed by atoms with E-state index in [-0.39, 0.29) is 43.1 Å². The molecular formula is C7H5N2NaO6S. The van der Waals surface area contributed by atoms with Crippen LogP contribution in [0.1, 0.15) is 10.4 Å². The summed E-state index contributed by atoms with van der Waals surface area (Å²) in [5.41, 5.74) is -2.50. The van der Waals surface area contributed by atoms with Crippen LogP contribution in [0.3, 0.4) is 0 Å². The zero-order valence-corrected chi connectivity index (χ0v) is 11.5. The number of nitro groups is 2. The molecule has 0 amide bonds. The summed E-state index contributed by atoms with van der Waals surface area (Å²) in [5, 5.41) is 29.5. The van der Waals surface area contributed by atoms with Gasteiger partial charge in [0.15, 0.2) is 0 Å². The van der Waals surface area contributed by atoms with Crippen molar-refractivity contribution in [1.82, 2.24) is 0 Å². The van der Waals surface area contributed by atoms with Gasteiger partial charge in [0.2, 0.25) is 5.56 Å². The molecule has 1 rings (SSSR count). The molecule has 1 aromatic rings. The first-order chi connectivity index (χ1) is 6.95. The molecule has 10 heteroatoms. The summed E-state index contributed by atoms with van der Waals surface area (Å²) in [4.78, 5) is 29.5. The zero-order chi connectivity index (χ0) is 11.6. The number of carbonyl (C=O) groups is 1. The second-order valence-electron chi connectivity index (χ2n) is 2.49. The fourth-order valence-corrected chi connectivity index (χ4v) is 1.05. The van der Waals surface area contributed by atoms with E-state index in [0.29, 0.717) is 0 Å². The van der Waals surface area contributed by atoms with Gasteiger partial charge in [0.05, 0.1) is 9.85 Å². The Morgan fingerprint density at radius 3 is 1.71 bits per heavy atom. The van der Waals surface area contributed by atoms with E-state index in [4.69, 9.17) is 5.11 Å². The van der Waals surface area contributed by atoms with Gasteiger partial charge >= 0.3 is 35.5 Å². The summed E-state index contributed by atoms with van der Waals surface area (Å²) < 4.78 is 0. The average Bonchev–Trinajstić information content (AvgIpc) is 2.16. The number of hydrogen-bond donors (Lipinski definition) is 1. The van der Waals surface area contributed by atoms with Crippen molar-refractivity contribution in [2.75, 3.05) is 0 Å². The fraction of sp³-hybridized carbons (Fsp3) is 0. The van der Waals surface area contributed by atoms with Crippen molar-refractivity contribution in [2.24, 2.45) is 0 Å². The molecule has 0 aliphatic heterocycles. The minimum absolute atomic E-state index is 0. The summed E-state index contributed by atoms with van der Waals surface area (Å²) in [6.07, 6.45) is 0. The molecule has 0 bridgehead atoms. The van der Waals surface area contributed by atoms with Crippen molar-refractivity contribution in [3.63, 3.8) is 0 Å². The van der Waals surface area contributed by atoms with E-state index >= 15 is 0 Å². The summed E-state index contributed by atoms with van der Waals surface area (Å²) in [5.74, 6) is -1.70. The summed E-state index contributed by atoms with van der Waals surface area (Å²) in [7, 11) is 0. The van der Waals surface area contributed by atoms with Gasteiger partial charge in [0.1, 0.15) is 0 Å². The van der Waals surface area contributed by atoms with Crippen LogP contribution in [0.25, 0.3) is 0 Å². The topological polar surface area (TPSA) is 124 Å². The quantitative estimate of drug-likeness (QED) is 0.219. The maximum Gasteiger partial charge on any atom is 1.00 e.